The molecule has 1 aromatic heterocycles. The number of hydrogen-bond acceptors (Lipinski definition) is 5. The van der Waals surface area contributed by atoms with Crippen LogP contribution < -0.4 is 10.5 Å². The van der Waals surface area contributed by atoms with Crippen LogP contribution in [0.1, 0.15) is 15.9 Å². The normalized spacial score (nSPS) is 11.3. The first kappa shape index (κ1) is 18.2. The van der Waals surface area contributed by atoms with Gasteiger partial charge in [0.2, 0.25) is 10.0 Å². The summed E-state index contributed by atoms with van der Waals surface area (Å²) in [5.74, 6) is -0.850. The van der Waals surface area contributed by atoms with E-state index in [1.807, 2.05) is 0 Å². The Labute approximate surface area is 153 Å². The van der Waals surface area contributed by atoms with Gasteiger partial charge in [0, 0.05) is 16.5 Å². The Balaban J connectivity index is 1.82. The molecule has 3 aromatic rings. The third-order valence-electron chi connectivity index (χ3n) is 3.62. The Morgan fingerprint density at radius 1 is 1.19 bits per heavy atom. The molecule has 0 aliphatic rings. The first-order valence-corrected chi connectivity index (χ1v) is 9.83. The lowest BCUT2D eigenvalue weighted by Gasteiger charge is -2.07. The summed E-state index contributed by atoms with van der Waals surface area (Å²) in [5.41, 5.74) is 1.92. The van der Waals surface area contributed by atoms with E-state index >= 15 is 0 Å². The Kier molecular flexibility index (Phi) is 4.86. The minimum absolute atomic E-state index is 0.101. The lowest BCUT2D eigenvalue weighted by Crippen LogP contribution is -2.17. The van der Waals surface area contributed by atoms with Crippen molar-refractivity contribution in [3.05, 3.63) is 64.8 Å². The summed E-state index contributed by atoms with van der Waals surface area (Å²) in [4.78, 5) is 16.6. The zero-order chi connectivity index (χ0) is 18.9. The number of aryl methyl sites for hydroxylation is 1. The van der Waals surface area contributed by atoms with Gasteiger partial charge in [-0.05, 0) is 48.9 Å². The summed E-state index contributed by atoms with van der Waals surface area (Å²) in [7, 11) is -3.92. The molecule has 0 saturated heterocycles. The lowest BCUT2D eigenvalue weighted by atomic mass is 10.1. The van der Waals surface area contributed by atoms with Crippen LogP contribution in [0.2, 0.25) is 0 Å². The van der Waals surface area contributed by atoms with Crippen LogP contribution in [0.3, 0.4) is 0 Å². The summed E-state index contributed by atoms with van der Waals surface area (Å²) in [5, 5.41) is 9.85. The molecule has 0 bridgehead atoms. The quantitative estimate of drug-likeness (QED) is 0.713. The molecule has 9 heteroatoms. The number of anilines is 1. The van der Waals surface area contributed by atoms with E-state index < -0.39 is 15.9 Å². The fourth-order valence-electron chi connectivity index (χ4n) is 2.30. The van der Waals surface area contributed by atoms with Crippen molar-refractivity contribution in [2.24, 2.45) is 5.14 Å². The van der Waals surface area contributed by atoms with Crippen molar-refractivity contribution in [3.8, 4) is 11.3 Å². The highest BCUT2D eigenvalue weighted by molar-refractivity contribution is 7.89. The van der Waals surface area contributed by atoms with Crippen LogP contribution >= 0.6 is 11.3 Å². The van der Waals surface area contributed by atoms with Gasteiger partial charge in [-0.15, -0.1) is 11.3 Å². The summed E-state index contributed by atoms with van der Waals surface area (Å²) >= 11 is 1.20. The highest BCUT2D eigenvalue weighted by atomic mass is 32.2. The average Bonchev–Trinajstić information content (AvgIpc) is 3.03. The van der Waals surface area contributed by atoms with Gasteiger partial charge in [0.25, 0.3) is 5.91 Å². The molecule has 0 spiro atoms. The fraction of sp³-hybridized carbons (Fsp3) is 0.0588. The van der Waals surface area contributed by atoms with Crippen molar-refractivity contribution >= 4 is 32.4 Å². The predicted molar refractivity (Wildman–Crippen MR) is 98.0 cm³/mol. The number of hydrogen-bond donors (Lipinski definition) is 2. The standard InChI is InChI=1S/C17H14FN3O3S2/c1-10-2-3-12(8-15(10)26(19,23)24)16(22)21-17-20-14(9-25-17)11-4-6-13(18)7-5-11/h2-9H,1H3,(H2,19,23,24)(H,20,21,22). The highest BCUT2D eigenvalue weighted by Gasteiger charge is 2.16. The van der Waals surface area contributed by atoms with E-state index in [9.17, 15) is 17.6 Å². The van der Waals surface area contributed by atoms with Crippen molar-refractivity contribution in [1.29, 1.82) is 0 Å². The fourth-order valence-corrected chi connectivity index (χ4v) is 3.82. The molecule has 2 aromatic carbocycles. The molecule has 26 heavy (non-hydrogen) atoms. The van der Waals surface area contributed by atoms with Crippen molar-refractivity contribution < 1.29 is 17.6 Å². The minimum atomic E-state index is -3.92. The molecule has 0 radical (unpaired) electrons. The smallest absolute Gasteiger partial charge is 0.257 e. The van der Waals surface area contributed by atoms with Gasteiger partial charge in [0.15, 0.2) is 5.13 Å². The van der Waals surface area contributed by atoms with E-state index in [2.05, 4.69) is 10.3 Å². The maximum absolute atomic E-state index is 13.0. The molecular weight excluding hydrogens is 377 g/mol. The van der Waals surface area contributed by atoms with Crippen molar-refractivity contribution in [3.63, 3.8) is 0 Å². The van der Waals surface area contributed by atoms with Crippen LogP contribution in [0.5, 0.6) is 0 Å². The molecule has 0 aliphatic heterocycles. The number of nitrogens with zero attached hydrogens (tertiary/aromatic N) is 1. The Morgan fingerprint density at radius 3 is 2.54 bits per heavy atom. The van der Waals surface area contributed by atoms with Crippen LogP contribution in [-0.4, -0.2) is 19.3 Å². The first-order valence-electron chi connectivity index (χ1n) is 7.40. The number of primary sulfonamides is 1. The summed E-state index contributed by atoms with van der Waals surface area (Å²) < 4.78 is 36.1. The molecule has 6 nitrogen and oxygen atoms in total. The third-order valence-corrected chi connectivity index (χ3v) is 5.43. The van der Waals surface area contributed by atoms with Crippen LogP contribution in [0.4, 0.5) is 9.52 Å². The number of rotatable bonds is 4. The molecule has 3 N–H and O–H groups in total. The molecule has 0 aliphatic carbocycles. The largest absolute Gasteiger partial charge is 0.298 e. The maximum Gasteiger partial charge on any atom is 0.257 e. The summed E-state index contributed by atoms with van der Waals surface area (Å²) in [6, 6.07) is 10.1. The zero-order valence-corrected chi connectivity index (χ0v) is 15.2. The van der Waals surface area contributed by atoms with Crippen LogP contribution in [0.15, 0.2) is 52.7 Å². The van der Waals surface area contributed by atoms with Gasteiger partial charge in [0.05, 0.1) is 10.6 Å². The van der Waals surface area contributed by atoms with Gasteiger partial charge in [0.1, 0.15) is 5.82 Å². The van der Waals surface area contributed by atoms with E-state index in [0.29, 0.717) is 16.4 Å². The number of nitrogens with two attached hydrogens (primary N) is 1. The van der Waals surface area contributed by atoms with Gasteiger partial charge >= 0.3 is 0 Å². The lowest BCUT2D eigenvalue weighted by molar-refractivity contribution is 0.102. The van der Waals surface area contributed by atoms with E-state index in [1.165, 1.54) is 41.7 Å². The SMILES string of the molecule is Cc1ccc(C(=O)Nc2nc(-c3ccc(F)cc3)cs2)cc1S(N)(=O)=O. The highest BCUT2D eigenvalue weighted by Crippen LogP contribution is 2.25. The van der Waals surface area contributed by atoms with Crippen LogP contribution in [0.25, 0.3) is 11.3 Å². The number of sulfonamides is 1. The molecule has 3 rings (SSSR count). The van der Waals surface area contributed by atoms with Gasteiger partial charge in [-0.3, -0.25) is 10.1 Å². The number of aromatic nitrogens is 1. The Hall–Kier alpha value is -2.62. The molecule has 0 atom stereocenters. The first-order chi connectivity index (χ1) is 12.2. The number of carbonyl (C=O) groups is 1. The summed E-state index contributed by atoms with van der Waals surface area (Å²) in [6.45, 7) is 1.59. The minimum Gasteiger partial charge on any atom is -0.298 e. The second-order valence-electron chi connectivity index (χ2n) is 5.52. The molecule has 134 valence electrons. The molecular formula is C17H14FN3O3S2. The third kappa shape index (κ3) is 3.96. The summed E-state index contributed by atoms with van der Waals surface area (Å²) in [6.07, 6.45) is 0. The average molecular weight is 391 g/mol. The van der Waals surface area contributed by atoms with Crippen molar-refractivity contribution in [1.82, 2.24) is 4.98 Å². The number of amides is 1. The van der Waals surface area contributed by atoms with Crippen molar-refractivity contribution in [2.75, 3.05) is 5.32 Å². The number of benzene rings is 2. The molecule has 1 amide bonds. The molecule has 1 heterocycles. The Morgan fingerprint density at radius 2 is 1.88 bits per heavy atom. The predicted octanol–water partition coefficient (Wildman–Crippen LogP) is 3.16. The molecule has 0 fully saturated rings. The van der Waals surface area contributed by atoms with Gasteiger partial charge in [-0.25, -0.2) is 22.9 Å². The van der Waals surface area contributed by atoms with Crippen LogP contribution in [0, 0.1) is 12.7 Å². The topological polar surface area (TPSA) is 102 Å². The van der Waals surface area contributed by atoms with E-state index in [1.54, 1.807) is 24.4 Å². The maximum atomic E-state index is 13.0. The molecule has 0 unspecified atom stereocenters. The number of nitrogens with one attached hydrogen (secondary N) is 1. The number of carbonyl (C=O) groups excluding carboxylic acids is 1. The number of thiazole rings is 1. The van der Waals surface area contributed by atoms with Gasteiger partial charge < -0.3 is 0 Å². The van der Waals surface area contributed by atoms with E-state index in [0.717, 1.165) is 5.56 Å². The van der Waals surface area contributed by atoms with Crippen molar-refractivity contribution in [2.45, 2.75) is 11.8 Å². The van der Waals surface area contributed by atoms with Crippen LogP contribution in [-0.2, 0) is 10.0 Å². The van der Waals surface area contributed by atoms with Gasteiger partial charge in [-0.1, -0.05) is 6.07 Å². The van der Waals surface area contributed by atoms with Gasteiger partial charge in [-0.2, -0.15) is 0 Å². The second kappa shape index (κ2) is 6.94. The van der Waals surface area contributed by atoms with E-state index in [4.69, 9.17) is 5.14 Å². The zero-order valence-electron chi connectivity index (χ0n) is 13.6. The second-order valence-corrected chi connectivity index (χ2v) is 7.91. The van der Waals surface area contributed by atoms with E-state index in [-0.39, 0.29) is 16.3 Å². The monoisotopic (exact) mass is 391 g/mol. The number of halogens is 1. The Bertz CT molecular complexity index is 1080. The molecule has 0 saturated carbocycles.